The molecule has 0 saturated heterocycles. The average molecular weight is 365 g/mol. The first-order valence-electron chi connectivity index (χ1n) is 11.1. The van der Waals surface area contributed by atoms with Crippen molar-refractivity contribution in [1.82, 2.24) is 0 Å². The first-order chi connectivity index (χ1) is 12.6. The summed E-state index contributed by atoms with van der Waals surface area (Å²) in [6.45, 7) is 12.1. The van der Waals surface area contributed by atoms with Crippen molar-refractivity contribution in [3.05, 3.63) is 24.3 Å². The molecule has 0 aliphatic carbocycles. The molecule has 0 N–H and O–H groups in total. The zero-order chi connectivity index (χ0) is 19.6. The van der Waals surface area contributed by atoms with Crippen LogP contribution >= 0.6 is 0 Å². The van der Waals surface area contributed by atoms with E-state index in [1.807, 2.05) is 0 Å². The Bertz CT molecular complexity index is 384. The SMILES string of the molecule is C=C(C)C(=O)OC(CCCCCCC)C(CCC)CCCCC=CCC. The molecule has 0 aromatic carbocycles. The van der Waals surface area contributed by atoms with Gasteiger partial charge in [0.1, 0.15) is 6.10 Å². The van der Waals surface area contributed by atoms with Crippen LogP contribution in [0.5, 0.6) is 0 Å². The van der Waals surface area contributed by atoms with Gasteiger partial charge in [0.25, 0.3) is 0 Å². The van der Waals surface area contributed by atoms with Crippen molar-refractivity contribution in [3.63, 3.8) is 0 Å². The third-order valence-electron chi connectivity index (χ3n) is 4.98. The highest BCUT2D eigenvalue weighted by Crippen LogP contribution is 2.26. The molecule has 2 atom stereocenters. The minimum Gasteiger partial charge on any atom is -0.459 e. The van der Waals surface area contributed by atoms with Crippen LogP contribution in [0.15, 0.2) is 24.3 Å². The van der Waals surface area contributed by atoms with Crippen LogP contribution in [-0.2, 0) is 9.53 Å². The van der Waals surface area contributed by atoms with E-state index in [9.17, 15) is 4.79 Å². The van der Waals surface area contributed by atoms with E-state index in [-0.39, 0.29) is 12.1 Å². The summed E-state index contributed by atoms with van der Waals surface area (Å²) in [6, 6.07) is 0. The van der Waals surface area contributed by atoms with Gasteiger partial charge in [0.15, 0.2) is 0 Å². The summed E-state index contributed by atoms with van der Waals surface area (Å²) in [5.74, 6) is 0.278. The van der Waals surface area contributed by atoms with E-state index in [0.29, 0.717) is 11.5 Å². The molecule has 0 rings (SSSR count). The van der Waals surface area contributed by atoms with Crippen LogP contribution < -0.4 is 0 Å². The first kappa shape index (κ1) is 24.9. The third-order valence-corrected chi connectivity index (χ3v) is 4.98. The van der Waals surface area contributed by atoms with E-state index in [4.69, 9.17) is 4.74 Å². The summed E-state index contributed by atoms with van der Waals surface area (Å²) in [4.78, 5) is 12.1. The Labute approximate surface area is 163 Å². The molecule has 152 valence electrons. The molecule has 26 heavy (non-hydrogen) atoms. The Morgan fingerprint density at radius 3 is 2.19 bits per heavy atom. The second kappa shape index (κ2) is 17.4. The minimum absolute atomic E-state index is 0.0620. The fourth-order valence-electron chi connectivity index (χ4n) is 3.42. The molecule has 0 aromatic rings. The maximum absolute atomic E-state index is 12.1. The number of rotatable bonds is 17. The van der Waals surface area contributed by atoms with Crippen LogP contribution in [0.25, 0.3) is 0 Å². The van der Waals surface area contributed by atoms with Crippen molar-refractivity contribution in [2.45, 2.75) is 117 Å². The van der Waals surface area contributed by atoms with Gasteiger partial charge in [0.05, 0.1) is 0 Å². The lowest BCUT2D eigenvalue weighted by Gasteiger charge is -2.27. The maximum atomic E-state index is 12.1. The molecule has 0 aliphatic rings. The third kappa shape index (κ3) is 13.2. The molecule has 0 bridgehead atoms. The second-order valence-electron chi connectivity index (χ2n) is 7.64. The number of carbonyl (C=O) groups is 1. The van der Waals surface area contributed by atoms with Crippen molar-refractivity contribution in [1.29, 1.82) is 0 Å². The monoisotopic (exact) mass is 364 g/mol. The molecule has 0 fully saturated rings. The molecular formula is C24H44O2. The summed E-state index contributed by atoms with van der Waals surface area (Å²) in [5.41, 5.74) is 0.515. The largest absolute Gasteiger partial charge is 0.459 e. The van der Waals surface area contributed by atoms with Crippen LogP contribution in [0.1, 0.15) is 111 Å². The number of hydrogen-bond acceptors (Lipinski definition) is 2. The van der Waals surface area contributed by atoms with Gasteiger partial charge in [-0.25, -0.2) is 4.79 Å². The van der Waals surface area contributed by atoms with Crippen LogP contribution in [0, 0.1) is 5.92 Å². The average Bonchev–Trinajstić information content (AvgIpc) is 2.62. The van der Waals surface area contributed by atoms with Crippen LogP contribution in [0.4, 0.5) is 0 Å². The number of ether oxygens (including phenoxy) is 1. The fourth-order valence-corrected chi connectivity index (χ4v) is 3.42. The zero-order valence-electron chi connectivity index (χ0n) is 18.0. The molecule has 2 unspecified atom stereocenters. The summed E-state index contributed by atoms with van der Waals surface area (Å²) in [6.07, 6.45) is 20.1. The van der Waals surface area contributed by atoms with Crippen molar-refractivity contribution in [2.75, 3.05) is 0 Å². The standard InChI is InChI=1S/C24H44O2/c1-6-9-11-13-15-16-19-22(18-8-3)23(26-24(25)21(4)5)20-17-14-12-10-7-2/h9,11,22-23H,4,6-8,10,12-20H2,1-3,5H3. The summed E-state index contributed by atoms with van der Waals surface area (Å²) in [5, 5.41) is 0. The Balaban J connectivity index is 4.60. The van der Waals surface area contributed by atoms with Crippen molar-refractivity contribution in [3.8, 4) is 0 Å². The minimum atomic E-state index is -0.212. The number of allylic oxidation sites excluding steroid dienone is 2. The Hall–Kier alpha value is -1.05. The lowest BCUT2D eigenvalue weighted by Crippen LogP contribution is -2.27. The Morgan fingerprint density at radius 1 is 0.885 bits per heavy atom. The van der Waals surface area contributed by atoms with E-state index in [1.165, 1.54) is 44.9 Å². The van der Waals surface area contributed by atoms with Crippen LogP contribution in [-0.4, -0.2) is 12.1 Å². The van der Waals surface area contributed by atoms with Gasteiger partial charge in [-0.2, -0.15) is 0 Å². The van der Waals surface area contributed by atoms with Crippen LogP contribution in [0.2, 0.25) is 0 Å². The number of hydrogen-bond donors (Lipinski definition) is 0. The highest BCUT2D eigenvalue weighted by atomic mass is 16.5. The molecular weight excluding hydrogens is 320 g/mol. The van der Waals surface area contributed by atoms with E-state index >= 15 is 0 Å². The van der Waals surface area contributed by atoms with E-state index in [1.54, 1.807) is 6.92 Å². The molecule has 2 heteroatoms. The molecule has 0 radical (unpaired) electrons. The predicted octanol–water partition coefficient (Wildman–Crippen LogP) is 7.78. The molecule has 0 aromatic heterocycles. The topological polar surface area (TPSA) is 26.3 Å². The van der Waals surface area contributed by atoms with Crippen LogP contribution in [0.3, 0.4) is 0 Å². The van der Waals surface area contributed by atoms with E-state index < -0.39 is 0 Å². The van der Waals surface area contributed by atoms with Crippen molar-refractivity contribution >= 4 is 5.97 Å². The second-order valence-corrected chi connectivity index (χ2v) is 7.64. The maximum Gasteiger partial charge on any atom is 0.333 e. The van der Waals surface area contributed by atoms with Crippen molar-refractivity contribution < 1.29 is 9.53 Å². The smallest absolute Gasteiger partial charge is 0.333 e. The highest BCUT2D eigenvalue weighted by Gasteiger charge is 2.24. The molecule has 0 saturated carbocycles. The van der Waals surface area contributed by atoms with E-state index in [2.05, 4.69) is 39.5 Å². The van der Waals surface area contributed by atoms with Gasteiger partial charge in [-0.3, -0.25) is 0 Å². The van der Waals surface area contributed by atoms with Gasteiger partial charge in [-0.15, -0.1) is 0 Å². The van der Waals surface area contributed by atoms with E-state index in [0.717, 1.165) is 38.5 Å². The first-order valence-corrected chi connectivity index (χ1v) is 11.1. The lowest BCUT2D eigenvalue weighted by molar-refractivity contribution is -0.147. The number of unbranched alkanes of at least 4 members (excludes halogenated alkanes) is 6. The van der Waals surface area contributed by atoms with Gasteiger partial charge in [-0.05, 0) is 57.8 Å². The quantitative estimate of drug-likeness (QED) is 0.114. The molecule has 0 amide bonds. The normalized spacial score (nSPS) is 13.7. The number of carbonyl (C=O) groups excluding carboxylic acids is 1. The zero-order valence-corrected chi connectivity index (χ0v) is 18.0. The Kier molecular flexibility index (Phi) is 16.7. The number of esters is 1. The predicted molar refractivity (Wildman–Crippen MR) is 114 cm³/mol. The van der Waals surface area contributed by atoms with Gasteiger partial charge >= 0.3 is 5.97 Å². The molecule has 0 aliphatic heterocycles. The molecule has 0 spiro atoms. The Morgan fingerprint density at radius 2 is 1.58 bits per heavy atom. The fraction of sp³-hybridized carbons (Fsp3) is 0.792. The van der Waals surface area contributed by atoms with Gasteiger partial charge in [0.2, 0.25) is 0 Å². The molecule has 0 heterocycles. The van der Waals surface area contributed by atoms with Gasteiger partial charge in [0, 0.05) is 5.57 Å². The summed E-state index contributed by atoms with van der Waals surface area (Å²) >= 11 is 0. The van der Waals surface area contributed by atoms with Crippen molar-refractivity contribution in [2.24, 2.45) is 5.92 Å². The van der Waals surface area contributed by atoms with Gasteiger partial charge < -0.3 is 4.74 Å². The highest BCUT2D eigenvalue weighted by molar-refractivity contribution is 5.87. The lowest BCUT2D eigenvalue weighted by atomic mass is 9.88. The molecule has 2 nitrogen and oxygen atoms in total. The van der Waals surface area contributed by atoms with Gasteiger partial charge in [-0.1, -0.05) is 78.0 Å². The summed E-state index contributed by atoms with van der Waals surface area (Å²) < 4.78 is 5.88. The summed E-state index contributed by atoms with van der Waals surface area (Å²) in [7, 11) is 0.